The van der Waals surface area contributed by atoms with Crippen LogP contribution < -0.4 is 5.32 Å². The Morgan fingerprint density at radius 2 is 2.04 bits per heavy atom. The number of furan rings is 1. The van der Waals surface area contributed by atoms with E-state index in [0.717, 1.165) is 29.8 Å². The van der Waals surface area contributed by atoms with Crippen LogP contribution in [0.15, 0.2) is 28.9 Å². The van der Waals surface area contributed by atoms with Gasteiger partial charge in [-0.3, -0.25) is 9.59 Å². The van der Waals surface area contributed by atoms with E-state index in [-0.39, 0.29) is 17.6 Å². The largest absolute Gasteiger partial charge is 0.459 e. The van der Waals surface area contributed by atoms with Crippen molar-refractivity contribution < 1.29 is 14.0 Å². The number of amides is 2. The third-order valence-electron chi connectivity index (χ3n) is 5.60. The minimum absolute atomic E-state index is 0.125. The first-order valence-corrected chi connectivity index (χ1v) is 10.2. The van der Waals surface area contributed by atoms with Gasteiger partial charge in [0.15, 0.2) is 5.76 Å². The lowest BCUT2D eigenvalue weighted by molar-refractivity contribution is 0.0693. The highest BCUT2D eigenvalue weighted by molar-refractivity contribution is 7.18. The van der Waals surface area contributed by atoms with Gasteiger partial charge in [-0.25, -0.2) is 0 Å². The molecule has 2 fully saturated rings. The molecule has 0 unspecified atom stereocenters. The number of nitrogens with zero attached hydrogens (tertiary/aromatic N) is 1. The fraction of sp³-hybridized carbons (Fsp3) is 0.500. The summed E-state index contributed by atoms with van der Waals surface area (Å²) in [5.41, 5.74) is 0.923. The first-order chi connectivity index (χ1) is 12.6. The van der Waals surface area contributed by atoms with Crippen molar-refractivity contribution in [3.05, 3.63) is 40.7 Å². The Labute approximate surface area is 157 Å². The lowest BCUT2D eigenvalue weighted by atomic mass is 9.96. The molecule has 1 aliphatic heterocycles. The molecule has 0 spiro atoms. The van der Waals surface area contributed by atoms with Gasteiger partial charge in [0.05, 0.1) is 16.1 Å². The molecule has 1 atom stereocenters. The minimum atomic E-state index is -0.291. The maximum Gasteiger partial charge on any atom is 0.291 e. The van der Waals surface area contributed by atoms with E-state index in [0.29, 0.717) is 17.0 Å². The van der Waals surface area contributed by atoms with Gasteiger partial charge >= 0.3 is 0 Å². The molecule has 1 saturated heterocycles. The first-order valence-electron chi connectivity index (χ1n) is 9.40. The Hall–Kier alpha value is -2.08. The molecule has 26 heavy (non-hydrogen) atoms. The third-order valence-corrected chi connectivity index (χ3v) is 6.74. The molecule has 0 radical (unpaired) electrons. The average Bonchev–Trinajstić information content (AvgIpc) is 3.40. The van der Waals surface area contributed by atoms with Gasteiger partial charge in [-0.2, -0.15) is 0 Å². The molecule has 1 N–H and O–H groups in total. The second kappa shape index (κ2) is 7.27. The van der Waals surface area contributed by atoms with Gasteiger partial charge in [-0.1, -0.05) is 12.8 Å². The van der Waals surface area contributed by atoms with Crippen LogP contribution in [0, 0.1) is 12.8 Å². The predicted octanol–water partition coefficient (Wildman–Crippen LogP) is 4.70. The summed E-state index contributed by atoms with van der Waals surface area (Å²) in [6.45, 7) is 2.79. The van der Waals surface area contributed by atoms with E-state index >= 15 is 0 Å². The second-order valence-corrected chi connectivity index (χ2v) is 8.36. The van der Waals surface area contributed by atoms with Crippen LogP contribution in [0.5, 0.6) is 0 Å². The first kappa shape index (κ1) is 17.3. The number of rotatable bonds is 4. The van der Waals surface area contributed by atoms with Crippen molar-refractivity contribution in [1.29, 1.82) is 0 Å². The summed E-state index contributed by atoms with van der Waals surface area (Å²) >= 11 is 1.36. The third kappa shape index (κ3) is 3.30. The minimum Gasteiger partial charge on any atom is -0.459 e. The molecule has 0 bridgehead atoms. The number of hydrogen-bond donors (Lipinski definition) is 1. The zero-order chi connectivity index (χ0) is 18.1. The van der Waals surface area contributed by atoms with Gasteiger partial charge in [-0.05, 0) is 62.3 Å². The van der Waals surface area contributed by atoms with E-state index < -0.39 is 0 Å². The van der Waals surface area contributed by atoms with Gasteiger partial charge in [0.25, 0.3) is 11.8 Å². The summed E-state index contributed by atoms with van der Waals surface area (Å²) in [5.74, 6) is 0.769. The monoisotopic (exact) mass is 372 g/mol. The summed E-state index contributed by atoms with van der Waals surface area (Å²) in [7, 11) is 0. The van der Waals surface area contributed by atoms with E-state index in [9.17, 15) is 9.59 Å². The van der Waals surface area contributed by atoms with Crippen LogP contribution in [-0.4, -0.2) is 29.3 Å². The molecule has 2 amide bonds. The summed E-state index contributed by atoms with van der Waals surface area (Å²) in [6.07, 6.45) is 8.79. The van der Waals surface area contributed by atoms with Crippen molar-refractivity contribution in [2.45, 2.75) is 51.5 Å². The van der Waals surface area contributed by atoms with Gasteiger partial charge in [0, 0.05) is 12.6 Å². The van der Waals surface area contributed by atoms with Crippen molar-refractivity contribution in [2.24, 2.45) is 5.92 Å². The number of aryl methyl sites for hydroxylation is 1. The predicted molar refractivity (Wildman–Crippen MR) is 102 cm³/mol. The number of hydrogen-bond acceptors (Lipinski definition) is 4. The highest BCUT2D eigenvalue weighted by Crippen LogP contribution is 2.37. The molecule has 2 aromatic rings. The van der Waals surface area contributed by atoms with E-state index in [4.69, 9.17) is 4.42 Å². The molecule has 0 aromatic carbocycles. The van der Waals surface area contributed by atoms with Crippen LogP contribution >= 0.6 is 11.3 Å². The Morgan fingerprint density at radius 3 is 2.77 bits per heavy atom. The highest BCUT2D eigenvalue weighted by atomic mass is 32.1. The molecule has 2 aromatic heterocycles. The lowest BCUT2D eigenvalue weighted by Gasteiger charge is -2.29. The Bertz CT molecular complexity index is 790. The van der Waals surface area contributed by atoms with Gasteiger partial charge < -0.3 is 14.6 Å². The molecule has 4 rings (SSSR count). The number of anilines is 1. The molecular weight excluding hydrogens is 348 g/mol. The van der Waals surface area contributed by atoms with Crippen LogP contribution in [0.25, 0.3) is 0 Å². The lowest BCUT2D eigenvalue weighted by Crippen LogP contribution is -2.39. The molecule has 6 heteroatoms. The quantitative estimate of drug-likeness (QED) is 0.846. The van der Waals surface area contributed by atoms with Crippen LogP contribution in [0.1, 0.15) is 64.3 Å². The van der Waals surface area contributed by atoms with E-state index in [1.807, 2.05) is 13.0 Å². The molecule has 1 aliphatic carbocycles. The van der Waals surface area contributed by atoms with Crippen molar-refractivity contribution in [3.8, 4) is 0 Å². The van der Waals surface area contributed by atoms with E-state index in [1.54, 1.807) is 12.1 Å². The Kier molecular flexibility index (Phi) is 4.85. The van der Waals surface area contributed by atoms with Crippen LogP contribution in [0.4, 0.5) is 5.00 Å². The number of thiophene rings is 1. The molecule has 138 valence electrons. The normalized spacial score (nSPS) is 20.7. The van der Waals surface area contributed by atoms with E-state index in [1.165, 1.54) is 43.3 Å². The smallest absolute Gasteiger partial charge is 0.291 e. The van der Waals surface area contributed by atoms with Crippen LogP contribution in [0.2, 0.25) is 0 Å². The molecule has 3 heterocycles. The Morgan fingerprint density at radius 1 is 1.23 bits per heavy atom. The maximum atomic E-state index is 13.2. The maximum absolute atomic E-state index is 13.2. The SMILES string of the molecule is Cc1cc(NC(=O)c2ccco2)sc1C(=O)N1CCC[C@H]1C1CCCC1. The molecular formula is C20H24N2O3S. The summed E-state index contributed by atoms with van der Waals surface area (Å²) in [6, 6.07) is 5.57. The van der Waals surface area contributed by atoms with E-state index in [2.05, 4.69) is 10.2 Å². The van der Waals surface area contributed by atoms with Crippen LogP contribution in [0.3, 0.4) is 0 Å². The zero-order valence-corrected chi connectivity index (χ0v) is 15.8. The highest BCUT2D eigenvalue weighted by Gasteiger charge is 2.37. The van der Waals surface area contributed by atoms with Crippen molar-refractivity contribution in [1.82, 2.24) is 4.90 Å². The Balaban J connectivity index is 1.49. The number of likely N-dealkylation sites (tertiary alicyclic amines) is 1. The number of nitrogens with one attached hydrogen (secondary N) is 1. The van der Waals surface area contributed by atoms with Gasteiger partial charge in [0.1, 0.15) is 0 Å². The summed E-state index contributed by atoms with van der Waals surface area (Å²) in [5, 5.41) is 3.52. The fourth-order valence-electron chi connectivity index (χ4n) is 4.34. The number of carbonyl (C=O) groups excluding carboxylic acids is 2. The summed E-state index contributed by atoms with van der Waals surface area (Å²) in [4.78, 5) is 28.2. The topological polar surface area (TPSA) is 62.6 Å². The number of carbonyl (C=O) groups is 2. The second-order valence-electron chi connectivity index (χ2n) is 7.31. The standard InChI is InChI=1S/C20H24N2O3S/c1-13-12-17(21-19(23)16-9-5-11-25-16)26-18(13)20(24)22-10-4-8-15(22)14-6-2-3-7-14/h5,9,11-12,14-15H,2-4,6-8,10H2,1H3,(H,21,23)/t15-/m0/s1. The molecule has 1 saturated carbocycles. The fourth-order valence-corrected chi connectivity index (χ4v) is 5.37. The van der Waals surface area contributed by atoms with Crippen molar-refractivity contribution in [2.75, 3.05) is 11.9 Å². The average molecular weight is 372 g/mol. The van der Waals surface area contributed by atoms with Gasteiger partial charge in [0.2, 0.25) is 0 Å². The summed E-state index contributed by atoms with van der Waals surface area (Å²) < 4.78 is 5.12. The zero-order valence-electron chi connectivity index (χ0n) is 15.0. The van der Waals surface area contributed by atoms with Crippen molar-refractivity contribution >= 4 is 28.2 Å². The molecule has 5 nitrogen and oxygen atoms in total. The van der Waals surface area contributed by atoms with Crippen molar-refractivity contribution in [3.63, 3.8) is 0 Å². The molecule has 2 aliphatic rings. The van der Waals surface area contributed by atoms with Gasteiger partial charge in [-0.15, -0.1) is 11.3 Å². The van der Waals surface area contributed by atoms with Crippen LogP contribution in [-0.2, 0) is 0 Å².